The van der Waals surface area contributed by atoms with E-state index in [1.165, 1.54) is 20.5 Å². The summed E-state index contributed by atoms with van der Waals surface area (Å²) >= 11 is 0. The van der Waals surface area contributed by atoms with E-state index in [1.54, 1.807) is 25.3 Å². The van der Waals surface area contributed by atoms with Gasteiger partial charge in [0.25, 0.3) is 0 Å². The van der Waals surface area contributed by atoms with Gasteiger partial charge in [-0.15, -0.1) is 0 Å². The van der Waals surface area contributed by atoms with Gasteiger partial charge in [0.15, 0.2) is 0 Å². The van der Waals surface area contributed by atoms with E-state index in [1.807, 2.05) is 24.3 Å². The van der Waals surface area contributed by atoms with Crippen molar-refractivity contribution in [2.75, 3.05) is 21.3 Å². The first-order valence-electron chi connectivity index (χ1n) is 8.12. The van der Waals surface area contributed by atoms with E-state index in [0.29, 0.717) is 28.6 Å². The molecule has 0 saturated carbocycles. The number of oxazole rings is 1. The Balaban J connectivity index is 1.75. The lowest BCUT2D eigenvalue weighted by molar-refractivity contribution is 0.0595. The van der Waals surface area contributed by atoms with Crippen molar-refractivity contribution < 1.29 is 28.2 Å². The number of carbonyl (C=O) groups is 1. The summed E-state index contributed by atoms with van der Waals surface area (Å²) in [6, 6.07) is 12.2. The topological polar surface area (TPSA) is 80.0 Å². The van der Waals surface area contributed by atoms with E-state index in [4.69, 9.17) is 23.4 Å². The average Bonchev–Trinajstić information content (AvgIpc) is 3.20. The van der Waals surface area contributed by atoms with E-state index in [9.17, 15) is 4.79 Å². The predicted octanol–water partition coefficient (Wildman–Crippen LogP) is 3.72. The lowest BCUT2D eigenvalue weighted by Gasteiger charge is -2.10. The summed E-state index contributed by atoms with van der Waals surface area (Å²) in [5.74, 6) is 1.64. The van der Waals surface area contributed by atoms with E-state index >= 15 is 0 Å². The zero-order chi connectivity index (χ0) is 19.2. The number of hydrogen-bond acceptors (Lipinski definition) is 7. The number of ether oxygens (including phenoxy) is 4. The first-order valence-corrected chi connectivity index (χ1v) is 8.12. The van der Waals surface area contributed by atoms with Gasteiger partial charge in [0, 0.05) is 11.6 Å². The van der Waals surface area contributed by atoms with E-state index < -0.39 is 5.97 Å². The van der Waals surface area contributed by atoms with Crippen molar-refractivity contribution in [3.8, 4) is 28.7 Å². The summed E-state index contributed by atoms with van der Waals surface area (Å²) in [6.07, 6.45) is 1.51. The van der Waals surface area contributed by atoms with Crippen LogP contribution in [0.5, 0.6) is 17.2 Å². The minimum Gasteiger partial charge on any atom is -0.497 e. The number of nitrogens with zero attached hydrogens (tertiary/aromatic N) is 1. The number of hydrogen-bond donors (Lipinski definition) is 0. The summed E-state index contributed by atoms with van der Waals surface area (Å²) in [6.45, 7) is 0.122. The minimum atomic E-state index is -0.494. The second-order valence-corrected chi connectivity index (χ2v) is 5.51. The zero-order valence-electron chi connectivity index (χ0n) is 15.2. The van der Waals surface area contributed by atoms with Gasteiger partial charge in [-0.05, 0) is 36.4 Å². The predicted molar refractivity (Wildman–Crippen MR) is 97.2 cm³/mol. The quantitative estimate of drug-likeness (QED) is 0.587. The van der Waals surface area contributed by atoms with Gasteiger partial charge in [0.1, 0.15) is 41.4 Å². The summed E-state index contributed by atoms with van der Waals surface area (Å²) in [5, 5.41) is 0. The molecule has 0 N–H and O–H groups in total. The zero-order valence-corrected chi connectivity index (χ0v) is 15.2. The summed E-state index contributed by atoms with van der Waals surface area (Å²) in [7, 11) is 4.46. The fraction of sp³-hybridized carbons (Fsp3) is 0.200. The van der Waals surface area contributed by atoms with Crippen LogP contribution in [0.3, 0.4) is 0 Å². The average molecular weight is 369 g/mol. The summed E-state index contributed by atoms with van der Waals surface area (Å²) in [4.78, 5) is 16.3. The smallest absolute Gasteiger partial charge is 0.341 e. The molecule has 0 amide bonds. The monoisotopic (exact) mass is 369 g/mol. The maximum absolute atomic E-state index is 11.9. The molecule has 7 nitrogen and oxygen atoms in total. The Hall–Kier alpha value is -3.48. The van der Waals surface area contributed by atoms with Crippen molar-refractivity contribution in [3.05, 3.63) is 60.0 Å². The van der Waals surface area contributed by atoms with Crippen molar-refractivity contribution in [2.24, 2.45) is 0 Å². The Labute approximate surface area is 156 Å². The van der Waals surface area contributed by atoms with Gasteiger partial charge in [0.2, 0.25) is 5.89 Å². The molecule has 0 bridgehead atoms. The Morgan fingerprint density at radius 3 is 2.37 bits per heavy atom. The second kappa shape index (κ2) is 8.27. The number of rotatable bonds is 7. The molecule has 0 unspecified atom stereocenters. The lowest BCUT2D eigenvalue weighted by Crippen LogP contribution is -2.06. The maximum Gasteiger partial charge on any atom is 0.341 e. The van der Waals surface area contributed by atoms with Crippen LogP contribution in [-0.4, -0.2) is 32.3 Å². The number of benzene rings is 2. The Kier molecular flexibility index (Phi) is 5.61. The van der Waals surface area contributed by atoms with Crippen LogP contribution in [-0.2, 0) is 11.3 Å². The molecule has 27 heavy (non-hydrogen) atoms. The molecule has 0 radical (unpaired) electrons. The third-order valence-corrected chi connectivity index (χ3v) is 3.86. The number of carbonyl (C=O) groups excluding carboxylic acids is 1. The van der Waals surface area contributed by atoms with Gasteiger partial charge in [-0.1, -0.05) is 0 Å². The van der Waals surface area contributed by atoms with Gasteiger partial charge in [-0.2, -0.15) is 0 Å². The molecule has 3 rings (SSSR count). The molecule has 0 aliphatic heterocycles. The molecule has 3 aromatic rings. The van der Waals surface area contributed by atoms with Crippen LogP contribution in [0.4, 0.5) is 0 Å². The molecule has 0 aliphatic rings. The largest absolute Gasteiger partial charge is 0.497 e. The molecule has 7 heteroatoms. The summed E-state index contributed by atoms with van der Waals surface area (Å²) < 4.78 is 26.4. The SMILES string of the molecule is COC(=O)c1ccc(OC)cc1OCc1coc(-c2ccc(OC)cc2)n1. The van der Waals surface area contributed by atoms with E-state index in [2.05, 4.69) is 4.98 Å². The molecule has 1 heterocycles. The molecule has 0 fully saturated rings. The van der Waals surface area contributed by atoms with Crippen LogP contribution in [0.25, 0.3) is 11.5 Å². The van der Waals surface area contributed by atoms with Crippen molar-refractivity contribution in [3.63, 3.8) is 0 Å². The highest BCUT2D eigenvalue weighted by molar-refractivity contribution is 5.92. The normalized spacial score (nSPS) is 10.3. The third kappa shape index (κ3) is 4.20. The molecule has 0 aliphatic carbocycles. The van der Waals surface area contributed by atoms with Crippen LogP contribution in [0, 0.1) is 0 Å². The highest BCUT2D eigenvalue weighted by Crippen LogP contribution is 2.27. The van der Waals surface area contributed by atoms with Gasteiger partial charge in [0.05, 0.1) is 21.3 Å². The highest BCUT2D eigenvalue weighted by Gasteiger charge is 2.15. The fourth-order valence-electron chi connectivity index (χ4n) is 2.42. The standard InChI is InChI=1S/C20H19NO6/c1-23-15-6-4-13(5-7-15)19-21-14(12-27-19)11-26-18-10-16(24-2)8-9-17(18)20(22)25-3/h4-10,12H,11H2,1-3H3. The maximum atomic E-state index is 11.9. The molecule has 140 valence electrons. The molecule has 2 aromatic carbocycles. The number of methoxy groups -OCH3 is 3. The van der Waals surface area contributed by atoms with Crippen molar-refractivity contribution in [1.29, 1.82) is 0 Å². The Morgan fingerprint density at radius 2 is 1.70 bits per heavy atom. The van der Waals surface area contributed by atoms with Gasteiger partial charge in [-0.3, -0.25) is 0 Å². The molecule has 0 saturated heterocycles. The van der Waals surface area contributed by atoms with E-state index in [0.717, 1.165) is 11.3 Å². The van der Waals surface area contributed by atoms with Crippen molar-refractivity contribution in [2.45, 2.75) is 6.61 Å². The van der Waals surface area contributed by atoms with Crippen molar-refractivity contribution in [1.82, 2.24) is 4.98 Å². The Morgan fingerprint density at radius 1 is 1.00 bits per heavy atom. The highest BCUT2D eigenvalue weighted by atomic mass is 16.5. The first kappa shape index (κ1) is 18.3. The van der Waals surface area contributed by atoms with E-state index in [-0.39, 0.29) is 6.61 Å². The van der Waals surface area contributed by atoms with Gasteiger partial charge in [-0.25, -0.2) is 9.78 Å². The lowest BCUT2D eigenvalue weighted by atomic mass is 10.2. The van der Waals surface area contributed by atoms with Crippen LogP contribution in [0.2, 0.25) is 0 Å². The van der Waals surface area contributed by atoms with Crippen LogP contribution >= 0.6 is 0 Å². The second-order valence-electron chi connectivity index (χ2n) is 5.51. The van der Waals surface area contributed by atoms with Gasteiger partial charge >= 0.3 is 5.97 Å². The van der Waals surface area contributed by atoms with Crippen LogP contribution < -0.4 is 14.2 Å². The Bertz CT molecular complexity index is 916. The molecular weight excluding hydrogens is 350 g/mol. The van der Waals surface area contributed by atoms with Crippen LogP contribution in [0.1, 0.15) is 16.1 Å². The first-order chi connectivity index (χ1) is 13.1. The van der Waals surface area contributed by atoms with Crippen LogP contribution in [0.15, 0.2) is 53.1 Å². The third-order valence-electron chi connectivity index (χ3n) is 3.86. The molecule has 0 spiro atoms. The van der Waals surface area contributed by atoms with Crippen molar-refractivity contribution >= 4 is 5.97 Å². The van der Waals surface area contributed by atoms with Gasteiger partial charge < -0.3 is 23.4 Å². The molecule has 1 aromatic heterocycles. The fourth-order valence-corrected chi connectivity index (χ4v) is 2.42. The minimum absolute atomic E-state index is 0.122. The summed E-state index contributed by atoms with van der Waals surface area (Å²) in [5.41, 5.74) is 1.70. The molecular formula is C20H19NO6. The molecule has 0 atom stereocenters. The number of esters is 1. The number of aromatic nitrogens is 1.